The number of allylic oxidation sites excluding steroid dienone is 1. The first-order valence-electron chi connectivity index (χ1n) is 9.82. The molecule has 0 aliphatic carbocycles. The van der Waals surface area contributed by atoms with Gasteiger partial charge in [0.05, 0.1) is 11.6 Å². The molecule has 2 heterocycles. The number of amides is 2. The number of hydrogen-bond acceptors (Lipinski definition) is 5. The number of pyridine rings is 1. The zero-order chi connectivity index (χ0) is 22.8. The van der Waals surface area contributed by atoms with Gasteiger partial charge in [0.15, 0.2) is 0 Å². The molecule has 2 N–H and O–H groups in total. The van der Waals surface area contributed by atoms with Gasteiger partial charge in [0.25, 0.3) is 5.91 Å². The normalized spacial score (nSPS) is 19.5. The maximum absolute atomic E-state index is 13.5. The van der Waals surface area contributed by atoms with Crippen molar-refractivity contribution in [2.45, 2.75) is 37.0 Å². The smallest absolute Gasteiger partial charge is 0.342 e. The Morgan fingerprint density at radius 2 is 1.97 bits per heavy atom. The minimum Gasteiger partial charge on any atom is -0.342 e. The fourth-order valence-electron chi connectivity index (χ4n) is 3.54. The van der Waals surface area contributed by atoms with Gasteiger partial charge in [-0.15, -0.1) is 11.8 Å². The van der Waals surface area contributed by atoms with Crippen molar-refractivity contribution in [2.24, 2.45) is 0 Å². The number of halogens is 3. The van der Waals surface area contributed by atoms with Gasteiger partial charge in [0.2, 0.25) is 5.91 Å². The first-order chi connectivity index (χ1) is 14.7. The number of carbonyl (C=O) groups is 2. The van der Waals surface area contributed by atoms with Crippen molar-refractivity contribution in [3.8, 4) is 0 Å². The summed E-state index contributed by atoms with van der Waals surface area (Å²) in [6.45, 7) is 3.26. The predicted octanol–water partition coefficient (Wildman–Crippen LogP) is 3.34. The highest BCUT2D eigenvalue weighted by Crippen LogP contribution is 2.33. The summed E-state index contributed by atoms with van der Waals surface area (Å²) in [5.74, 6) is -0.701. The van der Waals surface area contributed by atoms with Crippen LogP contribution in [0.2, 0.25) is 0 Å². The predicted molar refractivity (Wildman–Crippen MR) is 114 cm³/mol. The lowest BCUT2D eigenvalue weighted by atomic mass is 9.99. The molecule has 3 rings (SSSR count). The number of hydrogen-bond donors (Lipinski definition) is 2. The lowest BCUT2D eigenvalue weighted by Crippen LogP contribution is -2.60. The van der Waals surface area contributed by atoms with E-state index in [1.54, 1.807) is 12.1 Å². The number of fused-ring (bicyclic) bond motifs is 1. The molecule has 166 valence electrons. The van der Waals surface area contributed by atoms with Gasteiger partial charge in [-0.25, -0.2) is 4.98 Å². The number of alkyl halides is 3. The largest absolute Gasteiger partial charge is 0.431 e. The molecule has 0 saturated heterocycles. The molecule has 0 fully saturated rings. The van der Waals surface area contributed by atoms with E-state index in [0.717, 1.165) is 11.5 Å². The zero-order valence-corrected chi connectivity index (χ0v) is 18.1. The molecule has 1 aliphatic heterocycles. The van der Waals surface area contributed by atoms with Gasteiger partial charge in [-0.05, 0) is 37.9 Å². The maximum atomic E-state index is 13.5. The van der Waals surface area contributed by atoms with Crippen LogP contribution in [0.4, 0.5) is 13.2 Å². The number of carbonyl (C=O) groups excluding carboxylic acids is 2. The molecule has 2 unspecified atom stereocenters. The van der Waals surface area contributed by atoms with Crippen LogP contribution < -0.4 is 10.6 Å². The van der Waals surface area contributed by atoms with Crippen LogP contribution in [0, 0.1) is 0 Å². The van der Waals surface area contributed by atoms with Crippen LogP contribution in [0.25, 0.3) is 10.9 Å². The third kappa shape index (κ3) is 4.69. The molecule has 10 heteroatoms. The second-order valence-electron chi connectivity index (χ2n) is 6.86. The molecular weight excluding hydrogens is 429 g/mol. The molecule has 0 saturated carbocycles. The zero-order valence-electron chi connectivity index (χ0n) is 17.3. The molecule has 31 heavy (non-hydrogen) atoms. The molecule has 6 nitrogen and oxygen atoms in total. The van der Waals surface area contributed by atoms with Crippen molar-refractivity contribution < 1.29 is 22.8 Å². The number of rotatable bonds is 6. The second kappa shape index (κ2) is 9.27. The highest BCUT2D eigenvalue weighted by atomic mass is 32.2. The average molecular weight is 453 g/mol. The molecule has 2 atom stereocenters. The van der Waals surface area contributed by atoms with E-state index in [4.69, 9.17) is 0 Å². The van der Waals surface area contributed by atoms with Crippen molar-refractivity contribution in [1.82, 2.24) is 20.5 Å². The van der Waals surface area contributed by atoms with Crippen LogP contribution >= 0.6 is 11.8 Å². The summed E-state index contributed by atoms with van der Waals surface area (Å²) in [7, 11) is 1.47. The molecule has 2 aromatic rings. The van der Waals surface area contributed by atoms with E-state index in [-0.39, 0.29) is 12.2 Å². The fraction of sp³-hybridized carbons (Fsp3) is 0.381. The number of aromatic nitrogens is 1. The molecule has 1 aromatic heterocycles. The molecule has 1 aromatic carbocycles. The topological polar surface area (TPSA) is 74.3 Å². The van der Waals surface area contributed by atoms with Crippen molar-refractivity contribution in [3.63, 3.8) is 0 Å². The van der Waals surface area contributed by atoms with Gasteiger partial charge in [0, 0.05) is 16.8 Å². The third-order valence-corrected chi connectivity index (χ3v) is 5.85. The fourth-order valence-corrected chi connectivity index (χ4v) is 4.34. The Bertz CT molecular complexity index is 1030. The summed E-state index contributed by atoms with van der Waals surface area (Å²) in [4.78, 5) is 31.5. The lowest BCUT2D eigenvalue weighted by Gasteiger charge is -2.37. The van der Waals surface area contributed by atoms with Gasteiger partial charge < -0.3 is 15.5 Å². The number of para-hydroxylation sites is 1. The Balaban J connectivity index is 2.01. The van der Waals surface area contributed by atoms with E-state index in [0.29, 0.717) is 21.1 Å². The monoisotopic (exact) mass is 452 g/mol. The standard InChI is InChI=1S/C21H23F3N4O2S/c1-4-28-16(21(22,23)24)11-14(17(25-3)20(28)30)27-19(29)18-15(31-5-2)10-12-8-6-7-9-13(12)26-18/h6-11,14,17,25H,4-5H2,1-3H3,(H,27,29). The van der Waals surface area contributed by atoms with E-state index >= 15 is 0 Å². The Labute approximate surface area is 182 Å². The van der Waals surface area contributed by atoms with Crippen LogP contribution in [-0.4, -0.2) is 59.3 Å². The SMILES string of the molecule is CCSc1cc2ccccc2nc1C(=O)NC1C=C(C(F)(F)F)N(CC)C(=O)C1NC. The Kier molecular flexibility index (Phi) is 6.90. The van der Waals surface area contributed by atoms with Crippen LogP contribution in [-0.2, 0) is 4.79 Å². The third-order valence-electron chi connectivity index (χ3n) is 4.94. The summed E-state index contributed by atoms with van der Waals surface area (Å²) in [5.41, 5.74) is -0.360. The maximum Gasteiger partial charge on any atom is 0.431 e. The number of likely N-dealkylation sites (N-methyl/N-ethyl adjacent to an activating group) is 2. The van der Waals surface area contributed by atoms with Crippen molar-refractivity contribution in [3.05, 3.63) is 47.8 Å². The molecule has 0 bridgehead atoms. The van der Waals surface area contributed by atoms with Gasteiger partial charge in [-0.3, -0.25) is 9.59 Å². The molecular formula is C21H23F3N4O2S. The Morgan fingerprint density at radius 3 is 2.58 bits per heavy atom. The van der Waals surface area contributed by atoms with Crippen molar-refractivity contribution in [1.29, 1.82) is 0 Å². The quantitative estimate of drug-likeness (QED) is 0.658. The van der Waals surface area contributed by atoms with Gasteiger partial charge >= 0.3 is 6.18 Å². The van der Waals surface area contributed by atoms with E-state index in [9.17, 15) is 22.8 Å². The van der Waals surface area contributed by atoms with E-state index in [1.165, 1.54) is 25.7 Å². The second-order valence-corrected chi connectivity index (χ2v) is 8.16. The van der Waals surface area contributed by atoms with Crippen LogP contribution in [0.1, 0.15) is 24.3 Å². The van der Waals surface area contributed by atoms with Gasteiger partial charge in [0.1, 0.15) is 17.4 Å². The Morgan fingerprint density at radius 1 is 1.26 bits per heavy atom. The number of benzene rings is 1. The first kappa shape index (κ1) is 23.1. The minimum absolute atomic E-state index is 0.118. The van der Waals surface area contributed by atoms with Crippen LogP contribution in [0.15, 0.2) is 47.0 Å². The van der Waals surface area contributed by atoms with Crippen molar-refractivity contribution in [2.75, 3.05) is 19.3 Å². The van der Waals surface area contributed by atoms with E-state index < -0.39 is 35.8 Å². The summed E-state index contributed by atoms with van der Waals surface area (Å²) in [5, 5.41) is 6.15. The summed E-state index contributed by atoms with van der Waals surface area (Å²) < 4.78 is 40.6. The number of nitrogens with one attached hydrogen (secondary N) is 2. The molecule has 0 radical (unpaired) electrons. The molecule has 2 amide bonds. The average Bonchev–Trinajstić information content (AvgIpc) is 2.72. The minimum atomic E-state index is -4.72. The first-order valence-corrected chi connectivity index (χ1v) is 10.8. The summed E-state index contributed by atoms with van der Waals surface area (Å²) in [6, 6.07) is 6.90. The highest BCUT2D eigenvalue weighted by molar-refractivity contribution is 7.99. The summed E-state index contributed by atoms with van der Waals surface area (Å²) >= 11 is 1.41. The van der Waals surface area contributed by atoms with Crippen LogP contribution in [0.5, 0.6) is 0 Å². The van der Waals surface area contributed by atoms with E-state index in [1.807, 2.05) is 25.1 Å². The molecule has 1 aliphatic rings. The van der Waals surface area contributed by atoms with Crippen LogP contribution in [0.3, 0.4) is 0 Å². The number of nitrogens with zero attached hydrogens (tertiary/aromatic N) is 2. The Hall–Kier alpha value is -2.59. The number of thioether (sulfide) groups is 1. The van der Waals surface area contributed by atoms with Gasteiger partial charge in [-0.2, -0.15) is 13.2 Å². The highest BCUT2D eigenvalue weighted by Gasteiger charge is 2.46. The lowest BCUT2D eigenvalue weighted by molar-refractivity contribution is -0.146. The molecule has 0 spiro atoms. The van der Waals surface area contributed by atoms with Gasteiger partial charge in [-0.1, -0.05) is 25.1 Å². The summed E-state index contributed by atoms with van der Waals surface area (Å²) in [6.07, 6.45) is -3.84. The van der Waals surface area contributed by atoms with Crippen molar-refractivity contribution >= 4 is 34.5 Å². The van der Waals surface area contributed by atoms with E-state index in [2.05, 4.69) is 15.6 Å².